The van der Waals surface area contributed by atoms with Crippen molar-refractivity contribution in [3.8, 4) is 17.6 Å². The summed E-state index contributed by atoms with van der Waals surface area (Å²) in [6, 6.07) is 7.88. The fraction of sp³-hybridized carbons (Fsp3) is 0.227. The van der Waals surface area contributed by atoms with Gasteiger partial charge in [0.2, 0.25) is 0 Å². The maximum Gasteiger partial charge on any atom is 0.151 e. The van der Waals surface area contributed by atoms with Crippen molar-refractivity contribution in [2.75, 3.05) is 11.9 Å². The van der Waals surface area contributed by atoms with E-state index in [1.807, 2.05) is 29.6 Å². The van der Waals surface area contributed by atoms with Gasteiger partial charge < -0.3 is 15.4 Å². The first-order chi connectivity index (χ1) is 15.2. The summed E-state index contributed by atoms with van der Waals surface area (Å²) in [7, 11) is 0. The highest BCUT2D eigenvalue weighted by atomic mass is 35.5. The molecule has 2 N–H and O–H groups in total. The fourth-order valence-electron chi connectivity index (χ4n) is 3.26. The molecule has 9 heteroatoms. The molecule has 6 nitrogen and oxygen atoms in total. The molecule has 1 unspecified atom stereocenters. The Morgan fingerprint density at radius 1 is 1.26 bits per heavy atom. The van der Waals surface area contributed by atoms with Crippen molar-refractivity contribution in [1.29, 1.82) is 0 Å². The molecule has 0 radical (unpaired) electrons. The molecule has 0 amide bonds. The van der Waals surface area contributed by atoms with Crippen molar-refractivity contribution in [3.63, 3.8) is 0 Å². The first-order valence-corrected chi connectivity index (χ1v) is 11.9. The summed E-state index contributed by atoms with van der Waals surface area (Å²) in [5, 5.41) is 9.21. The Kier molecular flexibility index (Phi) is 6.00. The highest BCUT2D eigenvalue weighted by molar-refractivity contribution is 7.20. The van der Waals surface area contributed by atoms with E-state index in [0.29, 0.717) is 17.4 Å². The van der Waals surface area contributed by atoms with Crippen LogP contribution in [0.3, 0.4) is 0 Å². The van der Waals surface area contributed by atoms with Gasteiger partial charge in [-0.05, 0) is 43.7 Å². The van der Waals surface area contributed by atoms with Gasteiger partial charge in [-0.3, -0.25) is 0 Å². The number of nitrogens with one attached hydrogen (secondary N) is 2. The second-order valence-electron chi connectivity index (χ2n) is 7.00. The number of hydrogen-bond acceptors (Lipinski definition) is 8. The number of hydrogen-bond donors (Lipinski definition) is 2. The molecular weight excluding hydrogens is 450 g/mol. The molecule has 1 aliphatic heterocycles. The van der Waals surface area contributed by atoms with Crippen molar-refractivity contribution < 1.29 is 4.74 Å². The Bertz CT molecular complexity index is 1260. The molecule has 31 heavy (non-hydrogen) atoms. The minimum atomic E-state index is 0.285. The first kappa shape index (κ1) is 20.2. The number of nitrogens with zero attached hydrogens (tertiary/aromatic N) is 3. The van der Waals surface area contributed by atoms with Gasteiger partial charge in [-0.2, -0.15) is 0 Å². The van der Waals surface area contributed by atoms with Gasteiger partial charge in [0.05, 0.1) is 37.4 Å². The number of thiophene rings is 1. The Hall–Kier alpha value is -2.70. The van der Waals surface area contributed by atoms with Crippen LogP contribution in [0, 0.1) is 11.8 Å². The van der Waals surface area contributed by atoms with Crippen molar-refractivity contribution in [2.45, 2.75) is 25.5 Å². The minimum Gasteiger partial charge on any atom is -0.486 e. The third-order valence-corrected chi connectivity index (χ3v) is 6.77. The van der Waals surface area contributed by atoms with E-state index >= 15 is 0 Å². The lowest BCUT2D eigenvalue weighted by Crippen LogP contribution is -2.18. The normalized spacial score (nSPS) is 15.6. The smallest absolute Gasteiger partial charge is 0.151 e. The fourth-order valence-corrected chi connectivity index (χ4v) is 4.96. The third kappa shape index (κ3) is 4.81. The molecule has 1 saturated heterocycles. The summed E-state index contributed by atoms with van der Waals surface area (Å²) in [6.45, 7) is 1.43. The average Bonchev–Trinajstić information content (AvgIpc) is 3.53. The van der Waals surface area contributed by atoms with Gasteiger partial charge in [0.1, 0.15) is 18.7 Å². The quantitative estimate of drug-likeness (QED) is 0.392. The van der Waals surface area contributed by atoms with Crippen LogP contribution in [0.2, 0.25) is 5.02 Å². The molecule has 1 atom stereocenters. The van der Waals surface area contributed by atoms with E-state index in [1.54, 1.807) is 23.2 Å². The summed E-state index contributed by atoms with van der Waals surface area (Å²) in [6.07, 6.45) is 3.84. The van der Waals surface area contributed by atoms with E-state index in [9.17, 15) is 0 Å². The molecule has 3 aromatic heterocycles. The van der Waals surface area contributed by atoms with Gasteiger partial charge in [0.15, 0.2) is 5.82 Å². The monoisotopic (exact) mass is 467 g/mol. The van der Waals surface area contributed by atoms with Crippen LogP contribution in [-0.4, -0.2) is 27.5 Å². The van der Waals surface area contributed by atoms with Gasteiger partial charge in [-0.25, -0.2) is 15.0 Å². The maximum absolute atomic E-state index is 6.42. The van der Waals surface area contributed by atoms with E-state index in [2.05, 4.69) is 37.4 Å². The molecule has 1 aromatic carbocycles. The SMILES string of the molecule is Clc1cc(Nc2ncnc3cc(C#CC4CCCN4)sc23)ccc1OCc1cscn1. The zero-order valence-corrected chi connectivity index (χ0v) is 18.8. The van der Waals surface area contributed by atoms with Gasteiger partial charge in [0, 0.05) is 11.1 Å². The average molecular weight is 468 g/mol. The number of aromatic nitrogens is 3. The minimum absolute atomic E-state index is 0.285. The van der Waals surface area contributed by atoms with Crippen LogP contribution in [0.25, 0.3) is 10.2 Å². The van der Waals surface area contributed by atoms with Crippen molar-refractivity contribution in [1.82, 2.24) is 20.3 Å². The molecular formula is C22H18ClN5OS2. The Morgan fingerprint density at radius 2 is 2.23 bits per heavy atom. The summed E-state index contributed by atoms with van der Waals surface area (Å²) in [5.41, 5.74) is 4.36. The van der Waals surface area contributed by atoms with Crippen LogP contribution in [0.15, 0.2) is 41.5 Å². The van der Waals surface area contributed by atoms with Crippen molar-refractivity contribution in [3.05, 3.63) is 57.1 Å². The predicted molar refractivity (Wildman–Crippen MR) is 126 cm³/mol. The van der Waals surface area contributed by atoms with Gasteiger partial charge >= 0.3 is 0 Å². The zero-order valence-electron chi connectivity index (χ0n) is 16.4. The lowest BCUT2D eigenvalue weighted by molar-refractivity contribution is 0.302. The predicted octanol–water partition coefficient (Wildman–Crippen LogP) is 5.23. The Balaban J connectivity index is 1.33. The van der Waals surface area contributed by atoms with Crippen LogP contribution >= 0.6 is 34.3 Å². The first-order valence-electron chi connectivity index (χ1n) is 9.80. The van der Waals surface area contributed by atoms with Crippen molar-refractivity contribution >= 4 is 56.0 Å². The topological polar surface area (TPSA) is 72.0 Å². The number of rotatable bonds is 5. The van der Waals surface area contributed by atoms with Gasteiger partial charge in [-0.1, -0.05) is 23.4 Å². The van der Waals surface area contributed by atoms with Crippen LogP contribution < -0.4 is 15.4 Å². The number of fused-ring (bicyclic) bond motifs is 1. The number of halogens is 1. The molecule has 5 rings (SSSR count). The molecule has 4 aromatic rings. The molecule has 4 heterocycles. The van der Waals surface area contributed by atoms with E-state index in [0.717, 1.165) is 45.3 Å². The van der Waals surface area contributed by atoms with Gasteiger partial charge in [-0.15, -0.1) is 22.7 Å². The second-order valence-corrected chi connectivity index (χ2v) is 9.18. The molecule has 1 fully saturated rings. The summed E-state index contributed by atoms with van der Waals surface area (Å²) in [5.74, 6) is 7.93. The Morgan fingerprint density at radius 3 is 3.03 bits per heavy atom. The van der Waals surface area contributed by atoms with E-state index in [-0.39, 0.29) is 6.04 Å². The lowest BCUT2D eigenvalue weighted by atomic mass is 10.2. The number of anilines is 2. The highest BCUT2D eigenvalue weighted by Crippen LogP contribution is 2.33. The summed E-state index contributed by atoms with van der Waals surface area (Å²) in [4.78, 5) is 14.0. The maximum atomic E-state index is 6.42. The van der Waals surface area contributed by atoms with E-state index in [4.69, 9.17) is 16.3 Å². The molecule has 156 valence electrons. The third-order valence-electron chi connectivity index (χ3n) is 4.79. The van der Waals surface area contributed by atoms with E-state index in [1.165, 1.54) is 17.8 Å². The molecule has 0 saturated carbocycles. The highest BCUT2D eigenvalue weighted by Gasteiger charge is 2.12. The number of thiazole rings is 1. The number of benzene rings is 1. The summed E-state index contributed by atoms with van der Waals surface area (Å²) >= 11 is 9.55. The van der Waals surface area contributed by atoms with Crippen LogP contribution in [-0.2, 0) is 6.61 Å². The standard InChI is InChI=1S/C22H18ClN5OS2/c23-18-8-15(4-6-20(18)29-10-16-11-30-13-27-16)28-22-21-19(25-12-26-22)9-17(31-21)5-3-14-2-1-7-24-14/h4,6,8-9,11-14,24H,1-2,7,10H2,(H,25,26,28). The van der Waals surface area contributed by atoms with Crippen LogP contribution in [0.4, 0.5) is 11.5 Å². The molecule has 1 aliphatic rings. The molecule has 0 aliphatic carbocycles. The Labute approximate surface area is 192 Å². The molecule has 0 spiro atoms. The number of ether oxygens (including phenoxy) is 1. The van der Waals surface area contributed by atoms with Gasteiger partial charge in [0.25, 0.3) is 0 Å². The lowest BCUT2D eigenvalue weighted by Gasteiger charge is -2.10. The second kappa shape index (κ2) is 9.20. The summed E-state index contributed by atoms with van der Waals surface area (Å²) < 4.78 is 6.73. The zero-order chi connectivity index (χ0) is 21.0. The van der Waals surface area contributed by atoms with E-state index < -0.39 is 0 Å². The molecule has 0 bridgehead atoms. The van der Waals surface area contributed by atoms with Crippen LogP contribution in [0.5, 0.6) is 5.75 Å². The largest absolute Gasteiger partial charge is 0.486 e. The van der Waals surface area contributed by atoms with Crippen molar-refractivity contribution in [2.24, 2.45) is 0 Å². The van der Waals surface area contributed by atoms with Crippen LogP contribution in [0.1, 0.15) is 23.4 Å².